The summed E-state index contributed by atoms with van der Waals surface area (Å²) in [4.78, 5) is 11.9. The van der Waals surface area contributed by atoms with Gasteiger partial charge in [-0.15, -0.1) is 0 Å². The van der Waals surface area contributed by atoms with Gasteiger partial charge in [0.1, 0.15) is 11.6 Å². The van der Waals surface area contributed by atoms with Gasteiger partial charge >= 0.3 is 0 Å². The Morgan fingerprint density at radius 3 is 2.62 bits per heavy atom. The van der Waals surface area contributed by atoms with Crippen molar-refractivity contribution in [1.29, 1.82) is 0 Å². The summed E-state index contributed by atoms with van der Waals surface area (Å²) < 4.78 is 12.8. The molecule has 3 nitrogen and oxygen atoms in total. The van der Waals surface area contributed by atoms with Gasteiger partial charge in [0.05, 0.1) is 5.56 Å². The molecule has 0 aliphatic rings. The number of rotatable bonds is 4. The zero-order valence-electron chi connectivity index (χ0n) is 10.9. The van der Waals surface area contributed by atoms with E-state index in [1.54, 1.807) is 18.2 Å². The van der Waals surface area contributed by atoms with Crippen molar-refractivity contribution >= 4 is 29.1 Å². The standard InChI is InChI=1S/C15H12Cl2FNO2/c16-10-2-1-9(13(17)7-10)5-6-19-15(21)12-4-3-11(18)8-14(12)20/h1-4,7-8,20H,5-6H2,(H,19,21). The van der Waals surface area contributed by atoms with E-state index in [-0.39, 0.29) is 5.56 Å². The van der Waals surface area contributed by atoms with Gasteiger partial charge in [-0.25, -0.2) is 4.39 Å². The summed E-state index contributed by atoms with van der Waals surface area (Å²) in [6.45, 7) is 0.330. The number of nitrogens with one attached hydrogen (secondary N) is 1. The van der Waals surface area contributed by atoms with Crippen molar-refractivity contribution in [1.82, 2.24) is 5.32 Å². The first kappa shape index (κ1) is 15.6. The molecule has 0 atom stereocenters. The number of benzene rings is 2. The van der Waals surface area contributed by atoms with Crippen LogP contribution in [0.25, 0.3) is 0 Å². The molecule has 0 fully saturated rings. The van der Waals surface area contributed by atoms with E-state index in [9.17, 15) is 14.3 Å². The van der Waals surface area contributed by atoms with Crippen molar-refractivity contribution < 1.29 is 14.3 Å². The molecule has 21 heavy (non-hydrogen) atoms. The van der Waals surface area contributed by atoms with Gasteiger partial charge in [-0.05, 0) is 36.2 Å². The first-order valence-corrected chi connectivity index (χ1v) is 6.93. The van der Waals surface area contributed by atoms with Crippen LogP contribution < -0.4 is 5.32 Å². The molecule has 2 N–H and O–H groups in total. The van der Waals surface area contributed by atoms with Gasteiger partial charge in [-0.3, -0.25) is 4.79 Å². The van der Waals surface area contributed by atoms with Gasteiger partial charge < -0.3 is 10.4 Å². The summed E-state index contributed by atoms with van der Waals surface area (Å²) in [6.07, 6.45) is 0.518. The summed E-state index contributed by atoms with van der Waals surface area (Å²) in [6, 6.07) is 8.37. The van der Waals surface area contributed by atoms with Crippen LogP contribution in [0.15, 0.2) is 36.4 Å². The predicted octanol–water partition coefficient (Wildman–Crippen LogP) is 3.81. The first-order chi connectivity index (χ1) is 9.97. The summed E-state index contributed by atoms with van der Waals surface area (Å²) in [5.41, 5.74) is 0.878. The van der Waals surface area contributed by atoms with E-state index in [1.165, 1.54) is 6.07 Å². The fourth-order valence-corrected chi connectivity index (χ4v) is 2.33. The van der Waals surface area contributed by atoms with Gasteiger partial charge in [-0.2, -0.15) is 0 Å². The average molecular weight is 328 g/mol. The Kier molecular flexibility index (Phi) is 5.04. The molecule has 0 saturated carbocycles. The molecule has 0 radical (unpaired) electrons. The van der Waals surface area contributed by atoms with Crippen LogP contribution in [0.3, 0.4) is 0 Å². The average Bonchev–Trinajstić information content (AvgIpc) is 2.41. The summed E-state index contributed by atoms with van der Waals surface area (Å²) >= 11 is 11.8. The predicted molar refractivity (Wildman–Crippen MR) is 80.6 cm³/mol. The Balaban J connectivity index is 1.95. The largest absolute Gasteiger partial charge is 0.507 e. The van der Waals surface area contributed by atoms with Gasteiger partial charge in [0.2, 0.25) is 0 Å². The Morgan fingerprint density at radius 1 is 1.19 bits per heavy atom. The molecule has 2 rings (SSSR count). The van der Waals surface area contributed by atoms with E-state index in [2.05, 4.69) is 5.32 Å². The second-order valence-corrected chi connectivity index (χ2v) is 5.25. The molecule has 0 aliphatic carbocycles. The minimum Gasteiger partial charge on any atom is -0.507 e. The maximum Gasteiger partial charge on any atom is 0.255 e. The van der Waals surface area contributed by atoms with E-state index < -0.39 is 17.5 Å². The second-order valence-electron chi connectivity index (χ2n) is 4.40. The van der Waals surface area contributed by atoms with Crippen LogP contribution >= 0.6 is 23.2 Å². The number of hydrogen-bond acceptors (Lipinski definition) is 2. The number of phenols is 1. The van der Waals surface area contributed by atoms with Crippen molar-refractivity contribution in [3.8, 4) is 5.75 Å². The van der Waals surface area contributed by atoms with E-state index >= 15 is 0 Å². The molecule has 0 heterocycles. The third kappa shape index (κ3) is 4.09. The van der Waals surface area contributed by atoms with Crippen LogP contribution in [0.4, 0.5) is 4.39 Å². The van der Waals surface area contributed by atoms with E-state index in [1.807, 2.05) is 0 Å². The smallest absolute Gasteiger partial charge is 0.255 e. The van der Waals surface area contributed by atoms with Crippen LogP contribution in [-0.2, 0) is 6.42 Å². The maximum absolute atomic E-state index is 12.8. The molecule has 0 aliphatic heterocycles. The van der Waals surface area contributed by atoms with Gasteiger partial charge in [0.25, 0.3) is 5.91 Å². The summed E-state index contributed by atoms with van der Waals surface area (Å²) in [7, 11) is 0. The minimum absolute atomic E-state index is 0.0265. The zero-order chi connectivity index (χ0) is 15.4. The van der Waals surface area contributed by atoms with Crippen molar-refractivity contribution in [2.24, 2.45) is 0 Å². The van der Waals surface area contributed by atoms with Gasteiger partial charge in [0.15, 0.2) is 0 Å². The molecule has 0 saturated heterocycles. The minimum atomic E-state index is -0.600. The van der Waals surface area contributed by atoms with E-state index in [4.69, 9.17) is 23.2 Å². The monoisotopic (exact) mass is 327 g/mol. The molecule has 2 aromatic rings. The fourth-order valence-electron chi connectivity index (χ4n) is 1.83. The van der Waals surface area contributed by atoms with Crippen molar-refractivity contribution in [3.05, 3.63) is 63.4 Å². The Bertz CT molecular complexity index is 677. The number of carbonyl (C=O) groups is 1. The number of amides is 1. The SMILES string of the molecule is O=C(NCCc1ccc(Cl)cc1Cl)c1ccc(F)cc1O. The first-order valence-electron chi connectivity index (χ1n) is 6.18. The Labute approximate surface area is 131 Å². The molecular weight excluding hydrogens is 316 g/mol. The number of carbonyl (C=O) groups excluding carboxylic acids is 1. The Morgan fingerprint density at radius 2 is 1.95 bits per heavy atom. The number of aromatic hydroxyl groups is 1. The fraction of sp³-hybridized carbons (Fsp3) is 0.133. The molecule has 110 valence electrons. The quantitative estimate of drug-likeness (QED) is 0.897. The Hall–Kier alpha value is -1.78. The highest BCUT2D eigenvalue weighted by Crippen LogP contribution is 2.21. The lowest BCUT2D eigenvalue weighted by molar-refractivity contribution is 0.0951. The molecule has 0 unspecified atom stereocenters. The van der Waals surface area contributed by atoms with Crippen LogP contribution in [0.1, 0.15) is 15.9 Å². The highest BCUT2D eigenvalue weighted by atomic mass is 35.5. The normalized spacial score (nSPS) is 10.4. The molecule has 2 aromatic carbocycles. The number of hydrogen-bond donors (Lipinski definition) is 2. The maximum atomic E-state index is 12.8. The van der Waals surface area contributed by atoms with Gasteiger partial charge in [0, 0.05) is 22.7 Å². The topological polar surface area (TPSA) is 49.3 Å². The third-order valence-electron chi connectivity index (χ3n) is 2.90. The lowest BCUT2D eigenvalue weighted by atomic mass is 10.1. The lowest BCUT2D eigenvalue weighted by Crippen LogP contribution is -2.25. The summed E-state index contributed by atoms with van der Waals surface area (Å²) in [5, 5.41) is 13.2. The molecule has 0 bridgehead atoms. The zero-order valence-corrected chi connectivity index (χ0v) is 12.4. The third-order valence-corrected chi connectivity index (χ3v) is 3.49. The van der Waals surface area contributed by atoms with Crippen LogP contribution in [0.2, 0.25) is 10.0 Å². The van der Waals surface area contributed by atoms with Gasteiger partial charge in [-0.1, -0.05) is 29.3 Å². The van der Waals surface area contributed by atoms with Crippen LogP contribution in [-0.4, -0.2) is 17.6 Å². The molecular formula is C15H12Cl2FNO2. The summed E-state index contributed by atoms with van der Waals surface area (Å²) in [5.74, 6) is -1.47. The van der Waals surface area contributed by atoms with Crippen LogP contribution in [0.5, 0.6) is 5.75 Å². The van der Waals surface area contributed by atoms with Crippen LogP contribution in [0, 0.1) is 5.82 Å². The molecule has 0 spiro atoms. The lowest BCUT2D eigenvalue weighted by Gasteiger charge is -2.08. The van der Waals surface area contributed by atoms with E-state index in [0.717, 1.165) is 17.7 Å². The van der Waals surface area contributed by atoms with Crippen molar-refractivity contribution in [3.63, 3.8) is 0 Å². The van der Waals surface area contributed by atoms with Crippen molar-refractivity contribution in [2.75, 3.05) is 6.54 Å². The molecule has 1 amide bonds. The number of halogens is 3. The molecule has 0 aromatic heterocycles. The highest BCUT2D eigenvalue weighted by Gasteiger charge is 2.11. The van der Waals surface area contributed by atoms with E-state index in [0.29, 0.717) is 23.0 Å². The molecule has 6 heteroatoms. The highest BCUT2D eigenvalue weighted by molar-refractivity contribution is 6.35. The second kappa shape index (κ2) is 6.78. The van der Waals surface area contributed by atoms with Crippen molar-refractivity contribution in [2.45, 2.75) is 6.42 Å². The number of phenolic OH excluding ortho intramolecular Hbond substituents is 1.